The lowest BCUT2D eigenvalue weighted by Crippen LogP contribution is -2.37. The van der Waals surface area contributed by atoms with Gasteiger partial charge in [0.2, 0.25) is 5.75 Å². The van der Waals surface area contributed by atoms with E-state index in [4.69, 9.17) is 14.2 Å². The van der Waals surface area contributed by atoms with Crippen LogP contribution >= 0.6 is 0 Å². The first-order valence-corrected chi connectivity index (χ1v) is 6.85. The maximum Gasteiger partial charge on any atom is 0.203 e. The highest BCUT2D eigenvalue weighted by Crippen LogP contribution is 2.38. The van der Waals surface area contributed by atoms with Crippen LogP contribution in [0.2, 0.25) is 0 Å². The van der Waals surface area contributed by atoms with Crippen LogP contribution in [0.1, 0.15) is 16.8 Å². The molecule has 0 unspecified atom stereocenters. The molecule has 0 aliphatic rings. The summed E-state index contributed by atoms with van der Waals surface area (Å²) in [6.07, 6.45) is 2.07. The lowest BCUT2D eigenvalue weighted by molar-refractivity contribution is -0.694. The number of hydrogen-bond donors (Lipinski definition) is 0. The third-order valence-electron chi connectivity index (χ3n) is 3.69. The van der Waals surface area contributed by atoms with E-state index in [1.807, 2.05) is 12.1 Å². The second-order valence-electron chi connectivity index (χ2n) is 4.94. The van der Waals surface area contributed by atoms with Crippen molar-refractivity contribution in [2.24, 2.45) is 0 Å². The van der Waals surface area contributed by atoms with Crippen LogP contribution in [0.15, 0.2) is 30.5 Å². The van der Waals surface area contributed by atoms with Crippen molar-refractivity contribution in [2.75, 3.05) is 21.3 Å². The van der Waals surface area contributed by atoms with Gasteiger partial charge in [-0.15, -0.1) is 0 Å². The van der Waals surface area contributed by atoms with Gasteiger partial charge < -0.3 is 14.2 Å². The highest BCUT2D eigenvalue weighted by Gasteiger charge is 2.16. The second-order valence-corrected chi connectivity index (χ2v) is 4.94. The van der Waals surface area contributed by atoms with Gasteiger partial charge in [-0.05, 0) is 25.1 Å². The summed E-state index contributed by atoms with van der Waals surface area (Å²) >= 11 is 0. The zero-order valence-corrected chi connectivity index (χ0v) is 13.3. The molecule has 112 valence electrons. The Hall–Kier alpha value is -2.23. The number of ether oxygens (including phenoxy) is 3. The van der Waals surface area contributed by atoms with E-state index in [2.05, 4.69) is 36.7 Å². The van der Waals surface area contributed by atoms with Gasteiger partial charge in [0.25, 0.3) is 0 Å². The molecule has 2 rings (SSSR count). The summed E-state index contributed by atoms with van der Waals surface area (Å²) in [5, 5.41) is 0. The molecule has 0 radical (unpaired) electrons. The first kappa shape index (κ1) is 15.2. The van der Waals surface area contributed by atoms with Gasteiger partial charge in [0.15, 0.2) is 29.9 Å². The first-order chi connectivity index (χ1) is 10.1. The molecular weight excluding hydrogens is 266 g/mol. The van der Waals surface area contributed by atoms with Gasteiger partial charge in [-0.25, -0.2) is 0 Å². The number of hydrogen-bond acceptors (Lipinski definition) is 3. The third-order valence-corrected chi connectivity index (χ3v) is 3.69. The molecule has 0 N–H and O–H groups in total. The lowest BCUT2D eigenvalue weighted by atomic mass is 10.1. The smallest absolute Gasteiger partial charge is 0.203 e. The lowest BCUT2D eigenvalue weighted by Gasteiger charge is -2.13. The molecule has 0 fully saturated rings. The van der Waals surface area contributed by atoms with E-state index in [0.29, 0.717) is 17.2 Å². The first-order valence-electron chi connectivity index (χ1n) is 6.85. The largest absolute Gasteiger partial charge is 0.493 e. The van der Waals surface area contributed by atoms with Crippen LogP contribution in [-0.2, 0) is 6.54 Å². The van der Waals surface area contributed by atoms with Crippen molar-refractivity contribution < 1.29 is 18.8 Å². The monoisotopic (exact) mass is 288 g/mol. The Morgan fingerprint density at radius 1 is 0.952 bits per heavy atom. The van der Waals surface area contributed by atoms with Gasteiger partial charge in [0, 0.05) is 24.1 Å². The van der Waals surface area contributed by atoms with Crippen LogP contribution < -0.4 is 18.8 Å². The molecule has 21 heavy (non-hydrogen) atoms. The van der Waals surface area contributed by atoms with Crippen LogP contribution in [0, 0.1) is 13.8 Å². The molecule has 0 amide bonds. The average Bonchev–Trinajstić information content (AvgIpc) is 2.50. The van der Waals surface area contributed by atoms with E-state index < -0.39 is 0 Å². The van der Waals surface area contributed by atoms with Crippen LogP contribution in [0.3, 0.4) is 0 Å². The predicted octanol–water partition coefficient (Wildman–Crippen LogP) is 2.67. The van der Waals surface area contributed by atoms with Crippen LogP contribution in [0.4, 0.5) is 0 Å². The Labute approximate surface area is 125 Å². The number of aryl methyl sites for hydroxylation is 1. The van der Waals surface area contributed by atoms with E-state index in [9.17, 15) is 0 Å². The summed E-state index contributed by atoms with van der Waals surface area (Å²) in [6, 6.07) is 8.13. The fourth-order valence-corrected chi connectivity index (χ4v) is 2.34. The summed E-state index contributed by atoms with van der Waals surface area (Å²) < 4.78 is 18.3. The Morgan fingerprint density at radius 3 is 2.10 bits per heavy atom. The number of benzene rings is 1. The van der Waals surface area contributed by atoms with Gasteiger partial charge in [-0.2, -0.15) is 4.57 Å². The molecule has 2 aromatic rings. The van der Waals surface area contributed by atoms with Gasteiger partial charge >= 0.3 is 0 Å². The highest BCUT2D eigenvalue weighted by atomic mass is 16.5. The summed E-state index contributed by atoms with van der Waals surface area (Å²) in [6.45, 7) is 4.98. The summed E-state index contributed by atoms with van der Waals surface area (Å²) in [7, 11) is 4.87. The SMILES string of the molecule is COc1cc(C[n+]2cccc(C)c2C)cc(OC)c1OC. The molecule has 1 aromatic heterocycles. The minimum atomic E-state index is 0.620. The van der Waals surface area contributed by atoms with E-state index in [1.165, 1.54) is 11.3 Å². The Bertz CT molecular complexity index is 613. The van der Waals surface area contributed by atoms with Crippen molar-refractivity contribution >= 4 is 0 Å². The van der Waals surface area contributed by atoms with Crippen molar-refractivity contribution in [1.29, 1.82) is 0 Å². The molecule has 0 spiro atoms. The van der Waals surface area contributed by atoms with Crippen LogP contribution in [0.25, 0.3) is 0 Å². The molecule has 1 aromatic carbocycles. The molecule has 0 atom stereocenters. The number of nitrogens with zero attached hydrogens (tertiary/aromatic N) is 1. The van der Waals surface area contributed by atoms with Crippen molar-refractivity contribution in [2.45, 2.75) is 20.4 Å². The maximum atomic E-state index is 5.40. The molecule has 0 bridgehead atoms. The van der Waals surface area contributed by atoms with Gasteiger partial charge in [0.05, 0.1) is 21.3 Å². The second kappa shape index (κ2) is 6.48. The molecule has 0 aliphatic carbocycles. The summed E-state index contributed by atoms with van der Waals surface area (Å²) in [5.41, 5.74) is 3.61. The van der Waals surface area contributed by atoms with Crippen LogP contribution in [-0.4, -0.2) is 21.3 Å². The third kappa shape index (κ3) is 3.10. The zero-order valence-electron chi connectivity index (χ0n) is 13.3. The van der Waals surface area contributed by atoms with Gasteiger partial charge in [-0.3, -0.25) is 0 Å². The van der Waals surface area contributed by atoms with Crippen LogP contribution in [0.5, 0.6) is 17.2 Å². The van der Waals surface area contributed by atoms with Gasteiger partial charge in [-0.1, -0.05) is 0 Å². The normalized spacial score (nSPS) is 10.3. The molecule has 4 nitrogen and oxygen atoms in total. The highest BCUT2D eigenvalue weighted by molar-refractivity contribution is 5.53. The topological polar surface area (TPSA) is 31.6 Å². The molecule has 1 heterocycles. The van der Waals surface area contributed by atoms with E-state index in [-0.39, 0.29) is 0 Å². The quantitative estimate of drug-likeness (QED) is 0.793. The molecule has 0 saturated carbocycles. The maximum absolute atomic E-state index is 5.40. The molecule has 0 saturated heterocycles. The number of aromatic nitrogens is 1. The molecule has 4 heteroatoms. The fraction of sp³-hybridized carbons (Fsp3) is 0.353. The van der Waals surface area contributed by atoms with Crippen molar-refractivity contribution in [3.8, 4) is 17.2 Å². The van der Waals surface area contributed by atoms with Gasteiger partial charge in [0.1, 0.15) is 0 Å². The van der Waals surface area contributed by atoms with Crippen molar-refractivity contribution in [3.63, 3.8) is 0 Å². The molecular formula is C17H22NO3+. The Balaban J connectivity index is 2.43. The van der Waals surface area contributed by atoms with Crippen molar-refractivity contribution in [1.82, 2.24) is 0 Å². The zero-order chi connectivity index (χ0) is 15.4. The van der Waals surface area contributed by atoms with Crippen molar-refractivity contribution in [3.05, 3.63) is 47.3 Å². The summed E-state index contributed by atoms with van der Waals surface area (Å²) in [5.74, 6) is 1.98. The Kier molecular flexibility index (Phi) is 4.68. The number of rotatable bonds is 5. The minimum Gasteiger partial charge on any atom is -0.493 e. The van der Waals surface area contributed by atoms with E-state index in [0.717, 1.165) is 12.1 Å². The number of methoxy groups -OCH3 is 3. The summed E-state index contributed by atoms with van der Waals surface area (Å²) in [4.78, 5) is 0. The predicted molar refractivity (Wildman–Crippen MR) is 81.3 cm³/mol. The number of pyridine rings is 1. The minimum absolute atomic E-state index is 0.620. The fourth-order valence-electron chi connectivity index (χ4n) is 2.34. The standard InChI is InChI=1S/C17H22NO3/c1-12-7-6-8-18(13(12)2)11-14-9-15(19-3)17(21-5)16(10-14)20-4/h6-10H,11H2,1-5H3/q+1. The molecule has 0 aliphatic heterocycles. The van der Waals surface area contributed by atoms with E-state index >= 15 is 0 Å². The Morgan fingerprint density at radius 2 is 1.57 bits per heavy atom. The van der Waals surface area contributed by atoms with E-state index in [1.54, 1.807) is 21.3 Å². The average molecular weight is 288 g/mol.